The quantitative estimate of drug-likeness (QED) is 0.109. The number of ketones is 4. The van der Waals surface area contributed by atoms with Gasteiger partial charge in [0.15, 0.2) is 11.3 Å². The number of allylic oxidation sites excluding steroid dienone is 2. The third-order valence-corrected chi connectivity index (χ3v) is 10.00. The van der Waals surface area contributed by atoms with Gasteiger partial charge in [-0.1, -0.05) is 30.3 Å². The highest BCUT2D eigenvalue weighted by molar-refractivity contribution is 7.27. The average Bonchev–Trinajstić information content (AvgIpc) is 3.82. The number of ether oxygens (including phenoxy) is 1. The van der Waals surface area contributed by atoms with Gasteiger partial charge in [-0.3, -0.25) is 19.2 Å². The zero-order valence-corrected chi connectivity index (χ0v) is 25.8. The lowest BCUT2D eigenvalue weighted by atomic mass is 10.1. The Hall–Kier alpha value is -5.93. The van der Waals surface area contributed by atoms with Crippen LogP contribution in [-0.4, -0.2) is 43.8 Å². The van der Waals surface area contributed by atoms with Gasteiger partial charge in [0.25, 0.3) is 0 Å². The largest absolute Gasteiger partial charge is 0.444 e. The van der Waals surface area contributed by atoms with E-state index in [1.165, 1.54) is 12.2 Å². The van der Waals surface area contributed by atoms with Crippen molar-refractivity contribution in [3.05, 3.63) is 116 Å². The Labute approximate surface area is 278 Å². The first-order valence-electron chi connectivity index (χ1n) is 14.1. The minimum atomic E-state index is -1.18. The lowest BCUT2D eigenvalue weighted by molar-refractivity contribution is -0.110. The van der Waals surface area contributed by atoms with Crippen LogP contribution in [0.3, 0.4) is 0 Å². The van der Waals surface area contributed by atoms with Crippen LogP contribution in [0.1, 0.15) is 47.4 Å². The third-order valence-electron chi connectivity index (χ3n) is 7.85. The molecule has 2 aliphatic carbocycles. The number of benzene rings is 3. The standard InChI is InChI=1S/C34H13F4N3O6S2/c35-14-6-16-18(26(42)28(44)24(16)20(37)8-14)10-22-39-32-30(48-22)31-33(41(32)34(46)47-12-13-4-2-1-3-5-13)40-23(49-31)11-19-17-7-15(36)9-21(38)25(17)29(45)27(19)43/h1-11H,12H2/b18-10-,19-11-. The van der Waals surface area contributed by atoms with E-state index < -0.39 is 63.6 Å². The average molecular weight is 700 g/mol. The summed E-state index contributed by atoms with van der Waals surface area (Å²) in [6, 6.07) is 11.5. The van der Waals surface area contributed by atoms with Gasteiger partial charge in [-0.15, -0.1) is 22.7 Å². The highest BCUT2D eigenvalue weighted by Gasteiger charge is 2.38. The summed E-state index contributed by atoms with van der Waals surface area (Å²) < 4.78 is 64.4. The molecule has 0 unspecified atom stereocenters. The number of fused-ring (bicyclic) bond motifs is 5. The molecule has 0 aliphatic heterocycles. The molecule has 0 N–H and O–H groups in total. The predicted molar refractivity (Wildman–Crippen MR) is 170 cm³/mol. The fraction of sp³-hybridized carbons (Fsp3) is 0.0294. The van der Waals surface area contributed by atoms with Crippen molar-refractivity contribution in [2.24, 2.45) is 0 Å². The molecule has 15 heteroatoms. The number of carbonyl (C=O) groups excluding carboxylic acids is 5. The molecule has 3 aromatic heterocycles. The minimum absolute atomic E-state index is 0.0480. The molecule has 49 heavy (non-hydrogen) atoms. The van der Waals surface area contributed by atoms with Crippen LogP contribution in [0.2, 0.25) is 0 Å². The van der Waals surface area contributed by atoms with Crippen LogP contribution in [0, 0.1) is 23.3 Å². The van der Waals surface area contributed by atoms with Crippen molar-refractivity contribution in [1.29, 1.82) is 0 Å². The van der Waals surface area contributed by atoms with E-state index in [9.17, 15) is 41.5 Å². The summed E-state index contributed by atoms with van der Waals surface area (Å²) in [7, 11) is 0. The Morgan fingerprint density at radius 1 is 0.694 bits per heavy atom. The van der Waals surface area contributed by atoms with Crippen molar-refractivity contribution in [3.8, 4) is 0 Å². The number of carbonyl (C=O) groups is 5. The topological polar surface area (TPSA) is 125 Å². The summed E-state index contributed by atoms with van der Waals surface area (Å²) in [4.78, 5) is 73.2. The molecule has 2 aliphatic rings. The SMILES string of the molecule is O=C1C(=O)c2c(F)cc(F)cc2/C1=C/c1nc2c(s1)c1sc(/C=C3\C(=O)C(=O)c4c(F)cc(F)cc43)nc1n2C(=O)OCc1ccccc1. The number of aromatic nitrogens is 3. The van der Waals surface area contributed by atoms with E-state index in [1.54, 1.807) is 30.3 Å². The van der Waals surface area contributed by atoms with Crippen LogP contribution in [0.5, 0.6) is 0 Å². The van der Waals surface area contributed by atoms with Gasteiger partial charge in [0.1, 0.15) is 39.9 Å². The molecular formula is C34H13F4N3O6S2. The summed E-state index contributed by atoms with van der Waals surface area (Å²) in [5, 5.41) is 0.185. The molecule has 0 atom stereocenters. The van der Waals surface area contributed by atoms with Crippen molar-refractivity contribution in [2.75, 3.05) is 0 Å². The van der Waals surface area contributed by atoms with Crippen LogP contribution < -0.4 is 0 Å². The molecule has 3 heterocycles. The first-order valence-corrected chi connectivity index (χ1v) is 15.8. The second kappa shape index (κ2) is 11.1. The van der Waals surface area contributed by atoms with Gasteiger partial charge in [0.2, 0.25) is 23.1 Å². The van der Waals surface area contributed by atoms with E-state index in [0.717, 1.165) is 39.4 Å². The van der Waals surface area contributed by atoms with E-state index >= 15 is 0 Å². The maximum Gasteiger partial charge on any atom is 0.421 e. The van der Waals surface area contributed by atoms with Gasteiger partial charge in [0.05, 0.1) is 20.5 Å². The van der Waals surface area contributed by atoms with E-state index in [0.29, 0.717) is 27.1 Å². The van der Waals surface area contributed by atoms with Gasteiger partial charge in [-0.25, -0.2) is 36.9 Å². The molecule has 0 saturated carbocycles. The van der Waals surface area contributed by atoms with Crippen LogP contribution >= 0.6 is 22.7 Å². The lowest BCUT2D eigenvalue weighted by Crippen LogP contribution is -2.14. The van der Waals surface area contributed by atoms with Crippen molar-refractivity contribution >= 4 is 95.9 Å². The number of hydrogen-bond donors (Lipinski definition) is 0. The normalized spacial score (nSPS) is 15.8. The lowest BCUT2D eigenvalue weighted by Gasteiger charge is -2.06. The Morgan fingerprint density at radius 3 is 1.63 bits per heavy atom. The second-order valence-corrected chi connectivity index (χ2v) is 12.9. The fourth-order valence-corrected chi connectivity index (χ4v) is 7.83. The summed E-state index contributed by atoms with van der Waals surface area (Å²) in [5.41, 5.74) is -1.40. The fourth-order valence-electron chi connectivity index (χ4n) is 5.72. The van der Waals surface area contributed by atoms with Crippen LogP contribution in [0.25, 0.3) is 44.0 Å². The molecular weight excluding hydrogens is 687 g/mol. The maximum atomic E-state index is 14.4. The van der Waals surface area contributed by atoms with E-state index in [-0.39, 0.29) is 50.2 Å². The molecule has 0 saturated heterocycles. The van der Waals surface area contributed by atoms with Gasteiger partial charge in [-0.05, 0) is 29.8 Å². The molecule has 0 fully saturated rings. The summed E-state index contributed by atoms with van der Waals surface area (Å²) in [5.74, 6) is -8.77. The highest BCUT2D eigenvalue weighted by atomic mass is 32.1. The second-order valence-electron chi connectivity index (χ2n) is 10.8. The molecule has 3 aromatic carbocycles. The van der Waals surface area contributed by atoms with Crippen LogP contribution in [-0.2, 0) is 20.9 Å². The van der Waals surface area contributed by atoms with Crippen molar-refractivity contribution in [1.82, 2.24) is 14.5 Å². The minimum Gasteiger partial charge on any atom is -0.444 e. The Balaban J connectivity index is 1.28. The number of rotatable bonds is 4. The van der Waals surface area contributed by atoms with Crippen molar-refractivity contribution in [2.45, 2.75) is 6.61 Å². The van der Waals surface area contributed by atoms with E-state index in [2.05, 4.69) is 9.97 Å². The van der Waals surface area contributed by atoms with Gasteiger partial charge in [0, 0.05) is 34.4 Å². The van der Waals surface area contributed by atoms with Crippen LogP contribution in [0.4, 0.5) is 22.4 Å². The zero-order chi connectivity index (χ0) is 34.3. The molecule has 0 spiro atoms. The Kier molecular flexibility index (Phi) is 6.87. The highest BCUT2D eigenvalue weighted by Crippen LogP contribution is 2.41. The first-order chi connectivity index (χ1) is 23.5. The number of Topliss-reactive ketones (excluding diaryl/α,β-unsaturated/α-hetero) is 4. The van der Waals surface area contributed by atoms with Gasteiger partial charge in [-0.2, -0.15) is 0 Å². The zero-order valence-electron chi connectivity index (χ0n) is 24.2. The summed E-state index contributed by atoms with van der Waals surface area (Å²) >= 11 is 1.93. The molecule has 0 bridgehead atoms. The maximum absolute atomic E-state index is 14.4. The van der Waals surface area contributed by atoms with Gasteiger partial charge < -0.3 is 4.74 Å². The molecule has 8 rings (SSSR count). The van der Waals surface area contributed by atoms with E-state index in [1.807, 2.05) is 0 Å². The molecule has 9 nitrogen and oxygen atoms in total. The Bertz CT molecular complexity index is 2450. The molecule has 240 valence electrons. The van der Waals surface area contributed by atoms with Gasteiger partial charge >= 0.3 is 6.09 Å². The molecule has 6 aromatic rings. The first kappa shape index (κ1) is 30.4. The summed E-state index contributed by atoms with van der Waals surface area (Å²) in [6.07, 6.45) is 1.47. The van der Waals surface area contributed by atoms with E-state index in [4.69, 9.17) is 4.74 Å². The molecule has 0 amide bonds. The smallest absolute Gasteiger partial charge is 0.421 e. The number of hydrogen-bond acceptors (Lipinski definition) is 10. The number of thiazole rings is 2. The number of nitrogens with zero attached hydrogens (tertiary/aromatic N) is 3. The predicted octanol–water partition coefficient (Wildman–Crippen LogP) is 7.06. The molecule has 0 radical (unpaired) electrons. The number of halogens is 4. The Morgan fingerprint density at radius 2 is 1.16 bits per heavy atom. The van der Waals surface area contributed by atoms with Crippen LogP contribution in [0.15, 0.2) is 54.6 Å². The summed E-state index contributed by atoms with van der Waals surface area (Å²) in [6.45, 7) is -0.127. The third kappa shape index (κ3) is 4.76. The van der Waals surface area contributed by atoms with Crippen molar-refractivity contribution < 1.29 is 46.3 Å². The monoisotopic (exact) mass is 699 g/mol. The van der Waals surface area contributed by atoms with Crippen molar-refractivity contribution in [3.63, 3.8) is 0 Å².